The molecule has 2 aromatic rings. The van der Waals surface area contributed by atoms with Crippen molar-refractivity contribution in [2.24, 2.45) is 0 Å². The maximum Gasteiger partial charge on any atom is 0.345 e. The molecule has 1 N–H and O–H groups in total. The average Bonchev–Trinajstić information content (AvgIpc) is 2.97. The summed E-state index contributed by atoms with van der Waals surface area (Å²) in [5, 5.41) is 9.12. The van der Waals surface area contributed by atoms with Crippen molar-refractivity contribution in [3.8, 4) is 5.75 Å². The number of thiophene rings is 1. The molecule has 0 saturated carbocycles. The van der Waals surface area contributed by atoms with Gasteiger partial charge in [0.25, 0.3) is 0 Å². The van der Waals surface area contributed by atoms with E-state index >= 15 is 0 Å². The summed E-state index contributed by atoms with van der Waals surface area (Å²) < 4.78 is 5.45. The van der Waals surface area contributed by atoms with Gasteiger partial charge in [0.15, 0.2) is 0 Å². The molecule has 128 valence electrons. The Morgan fingerprint density at radius 2 is 1.96 bits per heavy atom. The van der Waals surface area contributed by atoms with Crippen LogP contribution in [0.2, 0.25) is 0 Å². The Hall–Kier alpha value is -2.05. The molecule has 6 heteroatoms. The van der Waals surface area contributed by atoms with E-state index in [0.29, 0.717) is 4.88 Å². The predicted molar refractivity (Wildman–Crippen MR) is 96.5 cm³/mol. The Balaban J connectivity index is 1.62. The Kier molecular flexibility index (Phi) is 5.06. The van der Waals surface area contributed by atoms with E-state index in [1.807, 2.05) is 31.2 Å². The van der Waals surface area contributed by atoms with Gasteiger partial charge in [-0.25, -0.2) is 4.79 Å². The number of aromatic carboxylic acids is 1. The third-order valence-electron chi connectivity index (χ3n) is 4.42. The molecule has 0 radical (unpaired) electrons. The molecule has 0 spiro atoms. The molecule has 2 heterocycles. The zero-order valence-electron chi connectivity index (χ0n) is 14.0. The van der Waals surface area contributed by atoms with Crippen LogP contribution >= 0.6 is 11.3 Å². The van der Waals surface area contributed by atoms with Gasteiger partial charge in [-0.3, -0.25) is 4.90 Å². The number of hydrogen-bond acceptors (Lipinski definition) is 5. The van der Waals surface area contributed by atoms with Gasteiger partial charge in [0.05, 0.1) is 12.8 Å². The summed E-state index contributed by atoms with van der Waals surface area (Å²) in [6, 6.07) is 9.92. The number of carbonyl (C=O) groups is 1. The van der Waals surface area contributed by atoms with Crippen LogP contribution in [0.3, 0.4) is 0 Å². The Bertz CT molecular complexity index is 721. The number of benzene rings is 1. The number of carboxylic acids is 1. The van der Waals surface area contributed by atoms with E-state index in [0.717, 1.165) is 54.6 Å². The highest BCUT2D eigenvalue weighted by atomic mass is 32.1. The number of ether oxygens (including phenoxy) is 1. The van der Waals surface area contributed by atoms with Crippen molar-refractivity contribution in [3.05, 3.63) is 45.6 Å². The fraction of sp³-hybridized carbons (Fsp3) is 0.389. The highest BCUT2D eigenvalue weighted by molar-refractivity contribution is 7.14. The minimum atomic E-state index is -0.838. The molecular formula is C18H22N2O3S. The van der Waals surface area contributed by atoms with Crippen LogP contribution in [0.25, 0.3) is 0 Å². The zero-order chi connectivity index (χ0) is 17.1. The van der Waals surface area contributed by atoms with Crippen molar-refractivity contribution < 1.29 is 14.6 Å². The second-order valence-electron chi connectivity index (χ2n) is 5.93. The zero-order valence-corrected chi connectivity index (χ0v) is 14.8. The Morgan fingerprint density at radius 3 is 2.58 bits per heavy atom. The normalized spacial score (nSPS) is 15.5. The van der Waals surface area contributed by atoms with Crippen molar-refractivity contribution in [1.82, 2.24) is 4.90 Å². The minimum absolute atomic E-state index is 0.426. The molecule has 1 aromatic carbocycles. The van der Waals surface area contributed by atoms with Gasteiger partial charge in [0, 0.05) is 37.6 Å². The number of nitrogens with zero attached hydrogens (tertiary/aromatic N) is 2. The highest BCUT2D eigenvalue weighted by Crippen LogP contribution is 2.29. The maximum atomic E-state index is 11.1. The van der Waals surface area contributed by atoms with Crippen LogP contribution in [0.4, 0.5) is 5.69 Å². The molecule has 0 bridgehead atoms. The summed E-state index contributed by atoms with van der Waals surface area (Å²) in [5.74, 6) is 0.0704. The van der Waals surface area contributed by atoms with Crippen LogP contribution in [-0.4, -0.2) is 49.3 Å². The summed E-state index contributed by atoms with van der Waals surface area (Å²) in [6.45, 7) is 6.60. The van der Waals surface area contributed by atoms with Crippen LogP contribution in [0.15, 0.2) is 30.3 Å². The second-order valence-corrected chi connectivity index (χ2v) is 7.19. The van der Waals surface area contributed by atoms with Crippen molar-refractivity contribution >= 4 is 23.0 Å². The lowest BCUT2D eigenvalue weighted by Crippen LogP contribution is -2.46. The maximum absolute atomic E-state index is 11.1. The van der Waals surface area contributed by atoms with Gasteiger partial charge in [0.2, 0.25) is 0 Å². The van der Waals surface area contributed by atoms with Crippen molar-refractivity contribution in [1.29, 1.82) is 0 Å². The third-order valence-corrected chi connectivity index (χ3v) is 5.50. The molecule has 1 aliphatic rings. The van der Waals surface area contributed by atoms with Crippen LogP contribution < -0.4 is 9.64 Å². The van der Waals surface area contributed by atoms with E-state index in [4.69, 9.17) is 9.84 Å². The van der Waals surface area contributed by atoms with Crippen molar-refractivity contribution in [3.63, 3.8) is 0 Å². The molecule has 1 aliphatic heterocycles. The highest BCUT2D eigenvalue weighted by Gasteiger charge is 2.21. The molecule has 0 aliphatic carbocycles. The lowest BCUT2D eigenvalue weighted by atomic mass is 10.2. The molecule has 1 aromatic heterocycles. The van der Waals surface area contributed by atoms with Gasteiger partial charge in [-0.05, 0) is 30.7 Å². The van der Waals surface area contributed by atoms with Gasteiger partial charge in [-0.1, -0.05) is 12.1 Å². The summed E-state index contributed by atoms with van der Waals surface area (Å²) in [7, 11) is 1.70. The van der Waals surface area contributed by atoms with E-state index in [1.165, 1.54) is 11.3 Å². The number of rotatable bonds is 5. The summed E-state index contributed by atoms with van der Waals surface area (Å²) in [6.07, 6.45) is 0. The third kappa shape index (κ3) is 3.55. The number of piperazine rings is 1. The van der Waals surface area contributed by atoms with E-state index in [2.05, 4.69) is 15.9 Å². The van der Waals surface area contributed by atoms with Crippen molar-refractivity contribution in [2.75, 3.05) is 38.2 Å². The summed E-state index contributed by atoms with van der Waals surface area (Å²) in [4.78, 5) is 17.3. The topological polar surface area (TPSA) is 53.0 Å². The van der Waals surface area contributed by atoms with E-state index in [9.17, 15) is 4.79 Å². The predicted octanol–water partition coefficient (Wildman–Crippen LogP) is 3.09. The standard InChI is InChI=1S/C18H22N2O3S/c1-13-14(11-17(24-13)18(21)22)12-19-7-9-20(10-8-19)15-5-3-4-6-16(15)23-2/h3-6,11H,7-10,12H2,1-2H3,(H,21,22). The van der Waals surface area contributed by atoms with Gasteiger partial charge in [-0.15, -0.1) is 11.3 Å². The monoisotopic (exact) mass is 346 g/mol. The van der Waals surface area contributed by atoms with Crippen molar-refractivity contribution in [2.45, 2.75) is 13.5 Å². The minimum Gasteiger partial charge on any atom is -0.495 e. The first-order valence-electron chi connectivity index (χ1n) is 8.01. The first-order valence-corrected chi connectivity index (χ1v) is 8.83. The van der Waals surface area contributed by atoms with Gasteiger partial charge in [0.1, 0.15) is 10.6 Å². The lowest BCUT2D eigenvalue weighted by Gasteiger charge is -2.36. The molecule has 0 atom stereocenters. The molecule has 24 heavy (non-hydrogen) atoms. The molecular weight excluding hydrogens is 324 g/mol. The number of carboxylic acid groups (broad SMARTS) is 1. The molecule has 0 unspecified atom stereocenters. The van der Waals surface area contributed by atoms with Crippen LogP contribution in [0.5, 0.6) is 5.75 Å². The van der Waals surface area contributed by atoms with Crippen LogP contribution in [0, 0.1) is 6.92 Å². The molecule has 5 nitrogen and oxygen atoms in total. The summed E-state index contributed by atoms with van der Waals surface area (Å²) >= 11 is 1.36. The second kappa shape index (κ2) is 7.23. The fourth-order valence-electron chi connectivity index (χ4n) is 3.06. The molecule has 1 saturated heterocycles. The largest absolute Gasteiger partial charge is 0.495 e. The number of anilines is 1. The number of aryl methyl sites for hydroxylation is 1. The van der Waals surface area contributed by atoms with Gasteiger partial charge < -0.3 is 14.7 Å². The average molecular weight is 346 g/mol. The first kappa shape index (κ1) is 16.8. The number of methoxy groups -OCH3 is 1. The lowest BCUT2D eigenvalue weighted by molar-refractivity contribution is 0.0702. The number of para-hydroxylation sites is 2. The smallest absolute Gasteiger partial charge is 0.345 e. The van der Waals surface area contributed by atoms with E-state index in [1.54, 1.807) is 7.11 Å². The quantitative estimate of drug-likeness (QED) is 0.902. The van der Waals surface area contributed by atoms with Crippen LogP contribution in [-0.2, 0) is 6.54 Å². The Morgan fingerprint density at radius 1 is 1.25 bits per heavy atom. The molecule has 0 amide bonds. The SMILES string of the molecule is COc1ccccc1N1CCN(Cc2cc(C(=O)O)sc2C)CC1. The molecule has 3 rings (SSSR count). The molecule has 1 fully saturated rings. The van der Waals surface area contributed by atoms with E-state index < -0.39 is 5.97 Å². The van der Waals surface area contributed by atoms with Gasteiger partial charge >= 0.3 is 5.97 Å². The number of hydrogen-bond donors (Lipinski definition) is 1. The van der Waals surface area contributed by atoms with Crippen LogP contribution in [0.1, 0.15) is 20.1 Å². The summed E-state index contributed by atoms with van der Waals surface area (Å²) in [5.41, 5.74) is 2.27. The first-order chi connectivity index (χ1) is 11.6. The van der Waals surface area contributed by atoms with E-state index in [-0.39, 0.29) is 0 Å². The fourth-order valence-corrected chi connectivity index (χ4v) is 3.93. The van der Waals surface area contributed by atoms with Gasteiger partial charge in [-0.2, -0.15) is 0 Å². The Labute approximate surface area is 146 Å².